The predicted molar refractivity (Wildman–Crippen MR) is 72.8 cm³/mol. The molecule has 0 aliphatic heterocycles. The van der Waals surface area contributed by atoms with E-state index in [1.54, 1.807) is 24.1 Å². The van der Waals surface area contributed by atoms with Crippen LogP contribution in [0, 0.1) is 0 Å². The van der Waals surface area contributed by atoms with E-state index in [4.69, 9.17) is 4.74 Å². The Hall–Kier alpha value is -2.76. The zero-order valence-corrected chi connectivity index (χ0v) is 11.0. The summed E-state index contributed by atoms with van der Waals surface area (Å²) >= 11 is 0. The highest BCUT2D eigenvalue weighted by Gasteiger charge is 2.07. The highest BCUT2D eigenvalue weighted by atomic mass is 16.5. The summed E-state index contributed by atoms with van der Waals surface area (Å²) in [6.07, 6.45) is 3.39. The number of ether oxygens (including phenoxy) is 1. The summed E-state index contributed by atoms with van der Waals surface area (Å²) < 4.78 is 7.33. The molecule has 0 saturated carbocycles. The average molecular weight is 267 g/mol. The van der Waals surface area contributed by atoms with Gasteiger partial charge in [-0.3, -0.25) is 4.98 Å². The number of pyridine rings is 1. The Morgan fingerprint density at radius 1 is 1.15 bits per heavy atom. The summed E-state index contributed by atoms with van der Waals surface area (Å²) in [4.78, 5) is 4.16. The molecule has 0 N–H and O–H groups in total. The first kappa shape index (κ1) is 12.3. The van der Waals surface area contributed by atoms with Crippen LogP contribution in [-0.2, 0) is 13.7 Å². The van der Waals surface area contributed by atoms with E-state index >= 15 is 0 Å². The molecule has 0 bridgehead atoms. The molecule has 0 unspecified atom stereocenters. The lowest BCUT2D eigenvalue weighted by molar-refractivity contribution is 0.305. The second kappa shape index (κ2) is 5.48. The van der Waals surface area contributed by atoms with Gasteiger partial charge < -0.3 is 4.74 Å². The minimum absolute atomic E-state index is 0.503. The molecule has 6 nitrogen and oxygen atoms in total. The van der Waals surface area contributed by atoms with Gasteiger partial charge in [0.05, 0.1) is 6.20 Å². The van der Waals surface area contributed by atoms with Crippen LogP contribution in [0.3, 0.4) is 0 Å². The summed E-state index contributed by atoms with van der Waals surface area (Å²) in [5, 5.41) is 11.4. The van der Waals surface area contributed by atoms with Crippen LogP contribution in [0.5, 0.6) is 5.75 Å². The zero-order valence-electron chi connectivity index (χ0n) is 11.0. The average Bonchev–Trinajstić information content (AvgIpc) is 2.93. The third-order valence-electron chi connectivity index (χ3n) is 2.84. The third-order valence-corrected chi connectivity index (χ3v) is 2.84. The van der Waals surface area contributed by atoms with Gasteiger partial charge in [-0.25, -0.2) is 4.68 Å². The summed E-state index contributed by atoms with van der Waals surface area (Å²) in [6, 6.07) is 11.9. The Morgan fingerprint density at radius 3 is 2.75 bits per heavy atom. The number of aromatic nitrogens is 5. The molecule has 0 spiro atoms. The molecule has 2 heterocycles. The van der Waals surface area contributed by atoms with Gasteiger partial charge in [-0.05, 0) is 22.1 Å². The molecule has 2 aromatic heterocycles. The maximum Gasteiger partial charge on any atom is 0.183 e. The van der Waals surface area contributed by atoms with Crippen LogP contribution in [0.2, 0.25) is 0 Å². The maximum absolute atomic E-state index is 5.73. The Morgan fingerprint density at radius 2 is 2.00 bits per heavy atom. The van der Waals surface area contributed by atoms with Gasteiger partial charge in [0.15, 0.2) is 5.82 Å². The molecule has 3 aromatic rings. The van der Waals surface area contributed by atoms with Gasteiger partial charge in [-0.1, -0.05) is 30.3 Å². The van der Waals surface area contributed by atoms with Gasteiger partial charge >= 0.3 is 0 Å². The van der Waals surface area contributed by atoms with Crippen molar-refractivity contribution in [1.82, 2.24) is 25.2 Å². The van der Waals surface area contributed by atoms with Crippen molar-refractivity contribution in [2.45, 2.75) is 6.61 Å². The Kier molecular flexibility index (Phi) is 3.36. The van der Waals surface area contributed by atoms with E-state index in [-0.39, 0.29) is 0 Å². The molecule has 6 heteroatoms. The largest absolute Gasteiger partial charge is 0.487 e. The number of benzene rings is 1. The van der Waals surface area contributed by atoms with Gasteiger partial charge in [0.1, 0.15) is 12.4 Å². The van der Waals surface area contributed by atoms with Gasteiger partial charge in [-0.15, -0.1) is 5.10 Å². The van der Waals surface area contributed by atoms with Crippen molar-refractivity contribution in [3.63, 3.8) is 0 Å². The minimum atomic E-state index is 0.503. The first-order valence-electron chi connectivity index (χ1n) is 6.17. The van der Waals surface area contributed by atoms with Gasteiger partial charge in [0, 0.05) is 18.8 Å². The van der Waals surface area contributed by atoms with E-state index in [1.165, 1.54) is 0 Å². The molecule has 3 rings (SSSR count). The number of tetrazole rings is 1. The molecular formula is C14H13N5O. The topological polar surface area (TPSA) is 65.7 Å². The standard InChI is InChI=1S/C14H13N5O/c1-19-14(16-17-18-19)12-7-13(9-15-8-12)20-10-11-5-3-2-4-6-11/h2-9H,10H2,1H3. The maximum atomic E-state index is 5.73. The third kappa shape index (κ3) is 2.64. The second-order valence-corrected chi connectivity index (χ2v) is 4.31. The van der Waals surface area contributed by atoms with E-state index in [0.717, 1.165) is 11.1 Å². The van der Waals surface area contributed by atoms with Crippen LogP contribution >= 0.6 is 0 Å². The molecule has 1 aromatic carbocycles. The second-order valence-electron chi connectivity index (χ2n) is 4.31. The molecule has 100 valence electrons. The van der Waals surface area contributed by atoms with Crippen LogP contribution < -0.4 is 4.74 Å². The fourth-order valence-electron chi connectivity index (χ4n) is 1.83. The predicted octanol–water partition coefficient (Wildman–Crippen LogP) is 1.85. The Bertz CT molecular complexity index is 696. The van der Waals surface area contributed by atoms with Crippen LogP contribution in [0.15, 0.2) is 48.8 Å². The van der Waals surface area contributed by atoms with E-state index in [1.807, 2.05) is 36.4 Å². The number of hydrogen-bond donors (Lipinski definition) is 0. The number of rotatable bonds is 4. The Labute approximate surface area is 116 Å². The van der Waals surface area contributed by atoms with Crippen molar-refractivity contribution >= 4 is 0 Å². The Balaban J connectivity index is 1.77. The molecular weight excluding hydrogens is 254 g/mol. The smallest absolute Gasteiger partial charge is 0.183 e. The molecule has 0 atom stereocenters. The fraction of sp³-hybridized carbons (Fsp3) is 0.143. The first-order valence-corrected chi connectivity index (χ1v) is 6.17. The highest BCUT2D eigenvalue weighted by molar-refractivity contribution is 5.55. The molecule has 0 aliphatic carbocycles. The van der Waals surface area contributed by atoms with Gasteiger partial charge in [-0.2, -0.15) is 0 Å². The van der Waals surface area contributed by atoms with Gasteiger partial charge in [0.25, 0.3) is 0 Å². The molecule has 0 aliphatic rings. The van der Waals surface area contributed by atoms with E-state index < -0.39 is 0 Å². The first-order chi connectivity index (χ1) is 9.83. The van der Waals surface area contributed by atoms with Crippen LogP contribution in [-0.4, -0.2) is 25.2 Å². The molecule has 0 radical (unpaired) electrons. The molecule has 0 amide bonds. The van der Waals surface area contributed by atoms with Crippen molar-refractivity contribution in [1.29, 1.82) is 0 Å². The number of nitrogens with zero attached hydrogens (tertiary/aromatic N) is 5. The fourth-order valence-corrected chi connectivity index (χ4v) is 1.83. The zero-order chi connectivity index (χ0) is 13.8. The number of hydrogen-bond acceptors (Lipinski definition) is 5. The lowest BCUT2D eigenvalue weighted by Crippen LogP contribution is -1.98. The summed E-state index contributed by atoms with van der Waals surface area (Å²) in [5.74, 6) is 1.34. The summed E-state index contributed by atoms with van der Waals surface area (Å²) in [6.45, 7) is 0.503. The SMILES string of the molecule is Cn1nnnc1-c1cncc(OCc2ccccc2)c1. The summed E-state index contributed by atoms with van der Waals surface area (Å²) in [7, 11) is 1.78. The van der Waals surface area contributed by atoms with Crippen LogP contribution in [0.4, 0.5) is 0 Å². The molecule has 0 saturated heterocycles. The van der Waals surface area contributed by atoms with Crippen molar-refractivity contribution in [2.24, 2.45) is 7.05 Å². The monoisotopic (exact) mass is 267 g/mol. The van der Waals surface area contributed by atoms with E-state index in [9.17, 15) is 0 Å². The minimum Gasteiger partial charge on any atom is -0.487 e. The number of aryl methyl sites for hydroxylation is 1. The quantitative estimate of drug-likeness (QED) is 0.721. The molecule has 0 fully saturated rings. The van der Waals surface area contributed by atoms with Crippen molar-refractivity contribution < 1.29 is 4.74 Å². The molecule has 20 heavy (non-hydrogen) atoms. The van der Waals surface area contributed by atoms with Crippen molar-refractivity contribution in [2.75, 3.05) is 0 Å². The lowest BCUT2D eigenvalue weighted by Gasteiger charge is -2.07. The van der Waals surface area contributed by atoms with E-state index in [2.05, 4.69) is 20.5 Å². The van der Waals surface area contributed by atoms with Crippen LogP contribution in [0.25, 0.3) is 11.4 Å². The normalized spacial score (nSPS) is 10.4. The van der Waals surface area contributed by atoms with Crippen molar-refractivity contribution in [3.05, 3.63) is 54.4 Å². The summed E-state index contributed by atoms with van der Waals surface area (Å²) in [5.41, 5.74) is 1.93. The van der Waals surface area contributed by atoms with Crippen molar-refractivity contribution in [3.8, 4) is 17.1 Å². The highest BCUT2D eigenvalue weighted by Crippen LogP contribution is 2.20. The lowest BCUT2D eigenvalue weighted by atomic mass is 10.2. The van der Waals surface area contributed by atoms with Crippen LogP contribution in [0.1, 0.15) is 5.56 Å². The van der Waals surface area contributed by atoms with Gasteiger partial charge in [0.2, 0.25) is 0 Å². The van der Waals surface area contributed by atoms with E-state index in [0.29, 0.717) is 18.2 Å².